The predicted octanol–water partition coefficient (Wildman–Crippen LogP) is 4.01. The molecule has 0 aliphatic carbocycles. The van der Waals surface area contributed by atoms with Gasteiger partial charge in [-0.25, -0.2) is 4.98 Å². The number of carbonyl (C=O) groups excluding carboxylic acids is 1. The van der Waals surface area contributed by atoms with E-state index in [2.05, 4.69) is 31.1 Å². The summed E-state index contributed by atoms with van der Waals surface area (Å²) in [5, 5.41) is 2.90. The number of hydrogen-bond donors (Lipinski definition) is 1. The number of piperazine rings is 1. The van der Waals surface area contributed by atoms with Crippen molar-refractivity contribution in [3.8, 4) is 0 Å². The van der Waals surface area contributed by atoms with Crippen LogP contribution in [-0.4, -0.2) is 48.0 Å². The van der Waals surface area contributed by atoms with Crippen LogP contribution in [0.5, 0.6) is 0 Å². The number of amides is 1. The van der Waals surface area contributed by atoms with Crippen molar-refractivity contribution in [3.63, 3.8) is 0 Å². The summed E-state index contributed by atoms with van der Waals surface area (Å²) in [4.78, 5) is 20.4. The average molecular weight is 457 g/mol. The van der Waals surface area contributed by atoms with Crippen LogP contribution < -0.4 is 10.2 Å². The summed E-state index contributed by atoms with van der Waals surface area (Å²) in [6, 6.07) is 9.48. The Kier molecular flexibility index (Phi) is 6.24. The highest BCUT2D eigenvalue weighted by Gasteiger charge is 2.31. The zero-order chi connectivity index (χ0) is 20.3. The van der Waals surface area contributed by atoms with Gasteiger partial charge in [-0.1, -0.05) is 15.9 Å². The highest BCUT2D eigenvalue weighted by atomic mass is 79.9. The van der Waals surface area contributed by atoms with E-state index >= 15 is 0 Å². The van der Waals surface area contributed by atoms with Gasteiger partial charge in [-0.2, -0.15) is 13.2 Å². The maximum atomic E-state index is 12.7. The molecule has 1 aromatic heterocycles. The van der Waals surface area contributed by atoms with Gasteiger partial charge >= 0.3 is 6.18 Å². The van der Waals surface area contributed by atoms with Gasteiger partial charge in [0, 0.05) is 42.5 Å². The summed E-state index contributed by atoms with van der Waals surface area (Å²) in [5.74, 6) is 0.419. The van der Waals surface area contributed by atoms with Crippen molar-refractivity contribution in [2.24, 2.45) is 0 Å². The lowest BCUT2D eigenvalue weighted by Crippen LogP contribution is -2.53. The van der Waals surface area contributed by atoms with Crippen LogP contribution in [0.1, 0.15) is 12.5 Å². The minimum absolute atomic E-state index is 0.0940. The van der Waals surface area contributed by atoms with Gasteiger partial charge in [-0.15, -0.1) is 0 Å². The van der Waals surface area contributed by atoms with Crippen LogP contribution >= 0.6 is 15.9 Å². The SMILES string of the molecule is CC(C(=O)Nc1ccc(Br)cc1)N1CCN(c2ccc(C(F)(F)F)cn2)CC1. The van der Waals surface area contributed by atoms with E-state index in [0.29, 0.717) is 32.0 Å². The highest BCUT2D eigenvalue weighted by Crippen LogP contribution is 2.29. The molecule has 1 aromatic carbocycles. The molecule has 1 amide bonds. The number of alkyl halides is 3. The molecule has 0 saturated carbocycles. The first kappa shape index (κ1) is 20.6. The smallest absolute Gasteiger partial charge is 0.354 e. The van der Waals surface area contributed by atoms with Crippen LogP contribution in [-0.2, 0) is 11.0 Å². The highest BCUT2D eigenvalue weighted by molar-refractivity contribution is 9.10. The molecule has 1 fully saturated rings. The molecule has 2 aromatic rings. The Balaban J connectivity index is 1.54. The molecule has 1 aliphatic rings. The van der Waals surface area contributed by atoms with Crippen molar-refractivity contribution in [1.29, 1.82) is 0 Å². The fourth-order valence-electron chi connectivity index (χ4n) is 3.02. The molecule has 1 N–H and O–H groups in total. The third kappa shape index (κ3) is 5.02. The number of nitrogens with one attached hydrogen (secondary N) is 1. The normalized spacial score (nSPS) is 16.7. The molecule has 2 heterocycles. The predicted molar refractivity (Wildman–Crippen MR) is 105 cm³/mol. The van der Waals surface area contributed by atoms with E-state index in [1.54, 1.807) is 0 Å². The largest absolute Gasteiger partial charge is 0.417 e. The molecule has 0 spiro atoms. The average Bonchev–Trinajstić information content (AvgIpc) is 2.69. The van der Waals surface area contributed by atoms with Gasteiger partial charge < -0.3 is 10.2 Å². The van der Waals surface area contributed by atoms with Gasteiger partial charge in [0.1, 0.15) is 5.82 Å². The lowest BCUT2D eigenvalue weighted by Gasteiger charge is -2.38. The third-order valence-corrected chi connectivity index (χ3v) is 5.28. The van der Waals surface area contributed by atoms with Crippen LogP contribution in [0.25, 0.3) is 0 Å². The first-order valence-electron chi connectivity index (χ1n) is 8.83. The molecule has 1 atom stereocenters. The second-order valence-electron chi connectivity index (χ2n) is 6.60. The van der Waals surface area contributed by atoms with Crippen molar-refractivity contribution < 1.29 is 18.0 Å². The zero-order valence-electron chi connectivity index (χ0n) is 15.2. The second-order valence-corrected chi connectivity index (χ2v) is 7.51. The maximum absolute atomic E-state index is 12.7. The second kappa shape index (κ2) is 8.48. The Morgan fingerprint density at radius 1 is 1.11 bits per heavy atom. The van der Waals surface area contributed by atoms with E-state index in [0.717, 1.165) is 22.4 Å². The standard InChI is InChI=1S/C19H20BrF3N4O/c1-13(18(28)25-16-5-3-15(20)4-6-16)26-8-10-27(11-9-26)17-7-2-14(12-24-17)19(21,22)23/h2-7,12-13H,8-11H2,1H3,(H,25,28). The third-order valence-electron chi connectivity index (χ3n) is 4.75. The minimum atomic E-state index is -4.39. The molecule has 9 heteroatoms. The Morgan fingerprint density at radius 2 is 1.75 bits per heavy atom. The molecular formula is C19H20BrF3N4O. The first-order chi connectivity index (χ1) is 13.2. The summed E-state index contributed by atoms with van der Waals surface area (Å²) in [6.07, 6.45) is -3.53. The van der Waals surface area contributed by atoms with Crippen molar-refractivity contribution in [2.75, 3.05) is 36.4 Å². The Hall–Kier alpha value is -2.13. The van der Waals surface area contributed by atoms with Gasteiger partial charge in [0.25, 0.3) is 0 Å². The number of carbonyl (C=O) groups is 1. The Labute approximate surface area is 169 Å². The molecule has 28 heavy (non-hydrogen) atoms. The summed E-state index contributed by atoms with van der Waals surface area (Å²) in [5.41, 5.74) is -0.0271. The molecule has 0 radical (unpaired) electrons. The lowest BCUT2D eigenvalue weighted by molar-refractivity contribution is -0.137. The van der Waals surface area contributed by atoms with E-state index in [-0.39, 0.29) is 11.9 Å². The molecule has 0 bridgehead atoms. The fraction of sp³-hybridized carbons (Fsp3) is 0.368. The van der Waals surface area contributed by atoms with Crippen LogP contribution in [0.4, 0.5) is 24.7 Å². The topological polar surface area (TPSA) is 48.5 Å². The number of pyridine rings is 1. The number of hydrogen-bond acceptors (Lipinski definition) is 4. The molecule has 5 nitrogen and oxygen atoms in total. The van der Waals surface area contributed by atoms with E-state index in [1.807, 2.05) is 36.1 Å². The lowest BCUT2D eigenvalue weighted by atomic mass is 10.2. The van der Waals surface area contributed by atoms with Crippen molar-refractivity contribution in [1.82, 2.24) is 9.88 Å². The van der Waals surface area contributed by atoms with Gasteiger partial charge in [0.05, 0.1) is 11.6 Å². The summed E-state index contributed by atoms with van der Waals surface area (Å²) in [6.45, 7) is 4.28. The number of halogens is 4. The quantitative estimate of drug-likeness (QED) is 0.754. The van der Waals surface area contributed by atoms with E-state index < -0.39 is 11.7 Å². The number of rotatable bonds is 4. The van der Waals surface area contributed by atoms with Crippen molar-refractivity contribution in [2.45, 2.75) is 19.1 Å². The Morgan fingerprint density at radius 3 is 2.29 bits per heavy atom. The molecule has 1 unspecified atom stereocenters. The maximum Gasteiger partial charge on any atom is 0.417 e. The Bertz CT molecular complexity index is 803. The summed E-state index contributed by atoms with van der Waals surface area (Å²) in [7, 11) is 0. The van der Waals surface area contributed by atoms with Crippen LogP contribution in [0.3, 0.4) is 0 Å². The van der Waals surface area contributed by atoms with Crippen LogP contribution in [0.15, 0.2) is 47.1 Å². The molecule has 150 valence electrons. The zero-order valence-corrected chi connectivity index (χ0v) is 16.8. The molecule has 1 aliphatic heterocycles. The molecule has 3 rings (SSSR count). The van der Waals surface area contributed by atoms with Gasteiger partial charge in [0.2, 0.25) is 5.91 Å². The molecular weight excluding hydrogens is 437 g/mol. The molecule has 1 saturated heterocycles. The van der Waals surface area contributed by atoms with Crippen LogP contribution in [0, 0.1) is 0 Å². The summed E-state index contributed by atoms with van der Waals surface area (Å²) < 4.78 is 38.9. The first-order valence-corrected chi connectivity index (χ1v) is 9.62. The number of aromatic nitrogens is 1. The van der Waals surface area contributed by atoms with Crippen molar-refractivity contribution in [3.05, 3.63) is 52.6 Å². The van der Waals surface area contributed by atoms with E-state index in [9.17, 15) is 18.0 Å². The fourth-order valence-corrected chi connectivity index (χ4v) is 3.29. The van der Waals surface area contributed by atoms with Crippen LogP contribution in [0.2, 0.25) is 0 Å². The summed E-state index contributed by atoms with van der Waals surface area (Å²) >= 11 is 3.36. The van der Waals surface area contributed by atoms with Gasteiger partial charge in [-0.3, -0.25) is 9.69 Å². The minimum Gasteiger partial charge on any atom is -0.354 e. The number of nitrogens with zero attached hydrogens (tertiary/aromatic N) is 3. The van der Waals surface area contributed by atoms with Gasteiger partial charge in [0.15, 0.2) is 0 Å². The van der Waals surface area contributed by atoms with E-state index in [1.165, 1.54) is 6.07 Å². The monoisotopic (exact) mass is 456 g/mol. The van der Waals surface area contributed by atoms with E-state index in [4.69, 9.17) is 0 Å². The number of anilines is 2. The number of benzene rings is 1. The van der Waals surface area contributed by atoms with Gasteiger partial charge in [-0.05, 0) is 43.3 Å². The van der Waals surface area contributed by atoms with Crippen molar-refractivity contribution >= 4 is 33.3 Å².